The first-order chi connectivity index (χ1) is 13.5. The number of carbonyl (C=O) groups excluding carboxylic acids is 1. The number of hydrogen-bond acceptors (Lipinski definition) is 5. The van der Waals surface area contributed by atoms with Crippen molar-refractivity contribution in [3.05, 3.63) is 53.9 Å². The molecule has 0 aliphatic carbocycles. The molecule has 1 aromatic carbocycles. The summed E-state index contributed by atoms with van der Waals surface area (Å²) in [5, 5.41) is 3.18. The molecule has 150 valence electrons. The average Bonchev–Trinajstić information content (AvgIpc) is 2.91. The Morgan fingerprint density at radius 1 is 1.21 bits per heavy atom. The summed E-state index contributed by atoms with van der Waals surface area (Å²) in [6.07, 6.45) is 4.44. The van der Waals surface area contributed by atoms with Gasteiger partial charge in [0.25, 0.3) is 0 Å². The molecular weight excluding hydrogens is 354 g/mol. The van der Waals surface area contributed by atoms with E-state index in [0.29, 0.717) is 26.3 Å². The lowest BCUT2D eigenvalue weighted by Crippen LogP contribution is -2.38. The Hall–Kier alpha value is -2.60. The van der Waals surface area contributed by atoms with Gasteiger partial charge in [-0.1, -0.05) is 26.0 Å². The van der Waals surface area contributed by atoms with Crippen molar-refractivity contribution in [2.24, 2.45) is 5.92 Å². The van der Waals surface area contributed by atoms with Crippen LogP contribution in [0.4, 0.5) is 0 Å². The zero-order valence-corrected chi connectivity index (χ0v) is 16.9. The molecule has 1 aliphatic heterocycles. The Balaban J connectivity index is 1.64. The van der Waals surface area contributed by atoms with E-state index < -0.39 is 0 Å². The number of fused-ring (bicyclic) bond motifs is 1. The Morgan fingerprint density at radius 3 is 2.71 bits per heavy atom. The van der Waals surface area contributed by atoms with Gasteiger partial charge in [0.05, 0.1) is 25.8 Å². The lowest BCUT2D eigenvalue weighted by molar-refractivity contribution is -0.123. The van der Waals surface area contributed by atoms with Gasteiger partial charge in [0.1, 0.15) is 0 Å². The maximum Gasteiger partial charge on any atom is 0.234 e. The SMILES string of the molecule is CC(C)[C@H](NC(=O)CN(C)Cc1cccnc1)c1ccc2c(c1)OCCCO2. The second kappa shape index (κ2) is 9.55. The molecule has 6 nitrogen and oxygen atoms in total. The van der Waals surface area contributed by atoms with Crippen molar-refractivity contribution in [2.45, 2.75) is 32.9 Å². The van der Waals surface area contributed by atoms with Crippen molar-refractivity contribution in [3.63, 3.8) is 0 Å². The van der Waals surface area contributed by atoms with Gasteiger partial charge in [-0.15, -0.1) is 0 Å². The molecule has 2 heterocycles. The minimum absolute atomic E-state index is 0.00259. The Kier molecular flexibility index (Phi) is 6.87. The number of nitrogens with zero attached hydrogens (tertiary/aromatic N) is 2. The van der Waals surface area contributed by atoms with Crippen LogP contribution >= 0.6 is 0 Å². The summed E-state index contributed by atoms with van der Waals surface area (Å²) < 4.78 is 11.5. The first kappa shape index (κ1) is 20.1. The van der Waals surface area contributed by atoms with Crippen molar-refractivity contribution < 1.29 is 14.3 Å². The van der Waals surface area contributed by atoms with Crippen LogP contribution in [0.2, 0.25) is 0 Å². The van der Waals surface area contributed by atoms with Crippen molar-refractivity contribution in [3.8, 4) is 11.5 Å². The number of pyridine rings is 1. The number of amides is 1. The molecule has 0 spiro atoms. The number of aromatic nitrogens is 1. The van der Waals surface area contributed by atoms with Gasteiger partial charge in [-0.25, -0.2) is 0 Å². The number of nitrogens with one attached hydrogen (secondary N) is 1. The maximum atomic E-state index is 12.7. The van der Waals surface area contributed by atoms with Crippen LogP contribution in [-0.2, 0) is 11.3 Å². The van der Waals surface area contributed by atoms with Crippen LogP contribution in [0.5, 0.6) is 11.5 Å². The number of benzene rings is 1. The van der Waals surface area contributed by atoms with Gasteiger partial charge in [0.15, 0.2) is 11.5 Å². The highest BCUT2D eigenvalue weighted by Crippen LogP contribution is 2.34. The van der Waals surface area contributed by atoms with E-state index in [1.807, 2.05) is 48.5 Å². The van der Waals surface area contributed by atoms with Crippen molar-refractivity contribution in [1.29, 1.82) is 0 Å². The van der Waals surface area contributed by atoms with Gasteiger partial charge >= 0.3 is 0 Å². The summed E-state index contributed by atoms with van der Waals surface area (Å²) in [5.74, 6) is 1.77. The fourth-order valence-corrected chi connectivity index (χ4v) is 3.33. The Morgan fingerprint density at radius 2 is 2.00 bits per heavy atom. The number of likely N-dealkylation sites (N-methyl/N-ethyl adjacent to an activating group) is 1. The fourth-order valence-electron chi connectivity index (χ4n) is 3.33. The number of hydrogen-bond donors (Lipinski definition) is 1. The molecule has 1 atom stereocenters. The molecule has 0 saturated carbocycles. The summed E-state index contributed by atoms with van der Waals surface area (Å²) in [4.78, 5) is 18.8. The molecule has 3 rings (SSSR count). The molecule has 0 bridgehead atoms. The third-order valence-electron chi connectivity index (χ3n) is 4.70. The molecule has 1 aromatic heterocycles. The van der Waals surface area contributed by atoms with Crippen molar-refractivity contribution in [2.75, 3.05) is 26.8 Å². The van der Waals surface area contributed by atoms with Crippen LogP contribution in [0.3, 0.4) is 0 Å². The highest BCUT2D eigenvalue weighted by Gasteiger charge is 2.21. The zero-order chi connectivity index (χ0) is 19.9. The molecule has 1 N–H and O–H groups in total. The first-order valence-corrected chi connectivity index (χ1v) is 9.79. The minimum atomic E-state index is -0.0866. The summed E-state index contributed by atoms with van der Waals surface area (Å²) >= 11 is 0. The molecule has 0 radical (unpaired) electrons. The average molecular weight is 383 g/mol. The van der Waals surface area contributed by atoms with Gasteiger partial charge in [-0.05, 0) is 42.3 Å². The molecule has 1 aliphatic rings. The predicted molar refractivity (Wildman–Crippen MR) is 108 cm³/mol. The Bertz CT molecular complexity index is 780. The molecule has 0 unspecified atom stereocenters. The van der Waals surface area contributed by atoms with Crippen LogP contribution in [0, 0.1) is 5.92 Å². The van der Waals surface area contributed by atoms with Crippen molar-refractivity contribution >= 4 is 5.91 Å². The summed E-state index contributed by atoms with van der Waals surface area (Å²) in [6, 6.07) is 9.77. The fraction of sp³-hybridized carbons (Fsp3) is 0.455. The van der Waals surface area contributed by atoms with E-state index in [4.69, 9.17) is 9.47 Å². The summed E-state index contributed by atoms with van der Waals surface area (Å²) in [6.45, 7) is 6.52. The normalized spacial score (nSPS) is 14.6. The summed E-state index contributed by atoms with van der Waals surface area (Å²) in [5.41, 5.74) is 2.11. The third-order valence-corrected chi connectivity index (χ3v) is 4.70. The number of rotatable bonds is 7. The lowest BCUT2D eigenvalue weighted by Gasteiger charge is -2.25. The van der Waals surface area contributed by atoms with E-state index in [9.17, 15) is 4.79 Å². The number of ether oxygens (including phenoxy) is 2. The standard InChI is InChI=1S/C22H29N3O3/c1-16(2)22(18-7-8-19-20(12-18)28-11-5-10-27-19)24-21(26)15-25(3)14-17-6-4-9-23-13-17/h4,6-9,12-13,16,22H,5,10-11,14-15H2,1-3H3,(H,24,26)/t22-/m0/s1. The number of carbonyl (C=O) groups is 1. The van der Waals surface area contributed by atoms with Gasteiger partial charge in [-0.2, -0.15) is 0 Å². The van der Waals surface area contributed by atoms with E-state index in [0.717, 1.165) is 29.0 Å². The van der Waals surface area contributed by atoms with Gasteiger partial charge in [0, 0.05) is 25.4 Å². The first-order valence-electron chi connectivity index (χ1n) is 9.79. The molecular formula is C22H29N3O3. The Labute approximate surface area is 166 Å². The van der Waals surface area contributed by atoms with Gasteiger partial charge in [-0.3, -0.25) is 14.7 Å². The van der Waals surface area contributed by atoms with E-state index >= 15 is 0 Å². The maximum absolute atomic E-state index is 12.7. The van der Waals surface area contributed by atoms with Crippen LogP contribution in [0.15, 0.2) is 42.7 Å². The highest BCUT2D eigenvalue weighted by atomic mass is 16.5. The third kappa shape index (κ3) is 5.45. The van der Waals surface area contributed by atoms with Gasteiger partial charge < -0.3 is 14.8 Å². The molecule has 6 heteroatoms. The molecule has 0 saturated heterocycles. The van der Waals surface area contributed by atoms with Crippen LogP contribution in [-0.4, -0.2) is 42.6 Å². The van der Waals surface area contributed by atoms with E-state index in [1.165, 1.54) is 0 Å². The second-order valence-electron chi connectivity index (χ2n) is 7.58. The van der Waals surface area contributed by atoms with Crippen molar-refractivity contribution in [1.82, 2.24) is 15.2 Å². The largest absolute Gasteiger partial charge is 0.490 e. The topological polar surface area (TPSA) is 63.7 Å². The predicted octanol–water partition coefficient (Wildman–Crippen LogP) is 3.19. The molecule has 1 amide bonds. The summed E-state index contributed by atoms with van der Waals surface area (Å²) in [7, 11) is 1.94. The molecule has 0 fully saturated rings. The van der Waals surface area contributed by atoms with E-state index in [-0.39, 0.29) is 17.9 Å². The van der Waals surface area contributed by atoms with E-state index in [1.54, 1.807) is 6.20 Å². The van der Waals surface area contributed by atoms with Crippen LogP contribution in [0.25, 0.3) is 0 Å². The monoisotopic (exact) mass is 383 g/mol. The lowest BCUT2D eigenvalue weighted by atomic mass is 9.95. The zero-order valence-electron chi connectivity index (χ0n) is 16.9. The molecule has 2 aromatic rings. The van der Waals surface area contributed by atoms with Crippen LogP contribution in [0.1, 0.15) is 37.4 Å². The smallest absolute Gasteiger partial charge is 0.234 e. The molecule has 28 heavy (non-hydrogen) atoms. The van der Waals surface area contributed by atoms with Gasteiger partial charge in [0.2, 0.25) is 5.91 Å². The quantitative estimate of drug-likeness (QED) is 0.796. The minimum Gasteiger partial charge on any atom is -0.490 e. The van der Waals surface area contributed by atoms with E-state index in [2.05, 4.69) is 24.1 Å². The highest BCUT2D eigenvalue weighted by molar-refractivity contribution is 5.78. The van der Waals surface area contributed by atoms with Crippen LogP contribution < -0.4 is 14.8 Å². The second-order valence-corrected chi connectivity index (χ2v) is 7.58.